The van der Waals surface area contributed by atoms with E-state index in [1.807, 2.05) is 6.92 Å². The predicted octanol–water partition coefficient (Wildman–Crippen LogP) is 2.68. The standard InChI is InChI=1S/C13H22O3/c1-4-13(11(14)15-3)12(2,16-13)10-8-6-5-7-9-10/h10H,4-9H2,1-3H3. The summed E-state index contributed by atoms with van der Waals surface area (Å²) in [6, 6.07) is 0. The molecule has 0 bridgehead atoms. The SMILES string of the molecule is CCC1(C(=O)OC)OC1(C)C1CCCCC1. The number of hydrogen-bond acceptors (Lipinski definition) is 3. The summed E-state index contributed by atoms with van der Waals surface area (Å²) in [7, 11) is 1.45. The Balaban J connectivity index is 2.12. The predicted molar refractivity (Wildman–Crippen MR) is 61.1 cm³/mol. The first kappa shape index (κ1) is 11.9. The van der Waals surface area contributed by atoms with Crippen molar-refractivity contribution in [1.82, 2.24) is 0 Å². The number of methoxy groups -OCH3 is 1. The van der Waals surface area contributed by atoms with Gasteiger partial charge in [0, 0.05) is 0 Å². The van der Waals surface area contributed by atoms with E-state index in [1.54, 1.807) is 0 Å². The van der Waals surface area contributed by atoms with Crippen molar-refractivity contribution in [2.75, 3.05) is 7.11 Å². The van der Waals surface area contributed by atoms with Gasteiger partial charge in [0.2, 0.25) is 0 Å². The lowest BCUT2D eigenvalue weighted by molar-refractivity contribution is -0.147. The molecule has 0 spiro atoms. The van der Waals surface area contributed by atoms with Crippen LogP contribution in [-0.2, 0) is 14.3 Å². The summed E-state index contributed by atoms with van der Waals surface area (Å²) < 4.78 is 10.7. The van der Waals surface area contributed by atoms with Crippen molar-refractivity contribution in [1.29, 1.82) is 0 Å². The molecule has 0 radical (unpaired) electrons. The third-order valence-electron chi connectivity index (χ3n) is 4.54. The van der Waals surface area contributed by atoms with Crippen LogP contribution >= 0.6 is 0 Å². The number of carbonyl (C=O) groups excluding carboxylic acids is 1. The van der Waals surface area contributed by atoms with Gasteiger partial charge in [-0.25, -0.2) is 4.79 Å². The lowest BCUT2D eigenvalue weighted by atomic mass is 9.74. The molecule has 0 N–H and O–H groups in total. The zero-order valence-electron chi connectivity index (χ0n) is 10.5. The number of rotatable bonds is 3. The highest BCUT2D eigenvalue weighted by Crippen LogP contribution is 2.58. The topological polar surface area (TPSA) is 38.8 Å². The molecule has 3 heteroatoms. The number of epoxide rings is 1. The Hall–Kier alpha value is -0.570. The summed E-state index contributed by atoms with van der Waals surface area (Å²) in [5.74, 6) is 0.336. The van der Waals surface area contributed by atoms with Crippen LogP contribution in [0.1, 0.15) is 52.4 Å². The van der Waals surface area contributed by atoms with E-state index < -0.39 is 5.60 Å². The van der Waals surface area contributed by atoms with Gasteiger partial charge in [0.05, 0.1) is 7.11 Å². The largest absolute Gasteiger partial charge is 0.467 e. The van der Waals surface area contributed by atoms with E-state index in [0.717, 1.165) is 0 Å². The van der Waals surface area contributed by atoms with Crippen LogP contribution in [-0.4, -0.2) is 24.3 Å². The fourth-order valence-electron chi connectivity index (χ4n) is 3.38. The zero-order chi connectivity index (χ0) is 11.8. The summed E-state index contributed by atoms with van der Waals surface area (Å²) in [4.78, 5) is 11.8. The summed E-state index contributed by atoms with van der Waals surface area (Å²) in [5, 5.41) is 0. The fourth-order valence-corrected chi connectivity index (χ4v) is 3.38. The molecule has 0 aromatic heterocycles. The monoisotopic (exact) mass is 226 g/mol. The van der Waals surface area contributed by atoms with Gasteiger partial charge >= 0.3 is 5.97 Å². The van der Waals surface area contributed by atoms with E-state index >= 15 is 0 Å². The van der Waals surface area contributed by atoms with Gasteiger partial charge in [0.15, 0.2) is 5.60 Å². The first-order valence-corrected chi connectivity index (χ1v) is 6.39. The Morgan fingerprint density at radius 2 is 2.00 bits per heavy atom. The van der Waals surface area contributed by atoms with Crippen molar-refractivity contribution >= 4 is 5.97 Å². The molecular formula is C13H22O3. The summed E-state index contributed by atoms with van der Waals surface area (Å²) >= 11 is 0. The van der Waals surface area contributed by atoms with Crippen molar-refractivity contribution < 1.29 is 14.3 Å². The maximum Gasteiger partial charge on any atom is 0.341 e. The highest BCUT2D eigenvalue weighted by atomic mass is 16.7. The van der Waals surface area contributed by atoms with Gasteiger partial charge in [-0.15, -0.1) is 0 Å². The van der Waals surface area contributed by atoms with Crippen LogP contribution in [0.3, 0.4) is 0 Å². The second-order valence-corrected chi connectivity index (χ2v) is 5.22. The van der Waals surface area contributed by atoms with Crippen molar-refractivity contribution in [3.8, 4) is 0 Å². The molecule has 2 aliphatic rings. The van der Waals surface area contributed by atoms with Gasteiger partial charge in [0.25, 0.3) is 0 Å². The first-order chi connectivity index (χ1) is 7.60. The Bertz CT molecular complexity index is 283. The highest BCUT2D eigenvalue weighted by Gasteiger charge is 2.74. The minimum absolute atomic E-state index is 0.192. The maximum absolute atomic E-state index is 11.8. The van der Waals surface area contributed by atoms with Crippen LogP contribution in [0.25, 0.3) is 0 Å². The van der Waals surface area contributed by atoms with E-state index in [4.69, 9.17) is 9.47 Å². The molecule has 2 unspecified atom stereocenters. The highest BCUT2D eigenvalue weighted by molar-refractivity contribution is 5.84. The summed E-state index contributed by atoms with van der Waals surface area (Å²) in [6.07, 6.45) is 6.95. The molecule has 2 atom stereocenters. The molecule has 1 heterocycles. The van der Waals surface area contributed by atoms with E-state index in [2.05, 4.69) is 6.92 Å². The summed E-state index contributed by atoms with van der Waals surface area (Å²) in [6.45, 7) is 4.09. The van der Waals surface area contributed by atoms with Gasteiger partial charge in [-0.3, -0.25) is 0 Å². The van der Waals surface area contributed by atoms with Crippen molar-refractivity contribution in [3.05, 3.63) is 0 Å². The molecular weight excluding hydrogens is 204 g/mol. The Morgan fingerprint density at radius 3 is 2.50 bits per heavy atom. The molecule has 0 aromatic rings. The maximum atomic E-state index is 11.8. The average Bonchev–Trinajstić information content (AvgIpc) is 2.98. The quantitative estimate of drug-likeness (QED) is 0.548. The normalized spacial score (nSPS) is 39.4. The smallest absolute Gasteiger partial charge is 0.341 e. The summed E-state index contributed by atoms with van der Waals surface area (Å²) in [5.41, 5.74) is -0.918. The van der Waals surface area contributed by atoms with Crippen molar-refractivity contribution in [3.63, 3.8) is 0 Å². The average molecular weight is 226 g/mol. The second-order valence-electron chi connectivity index (χ2n) is 5.22. The van der Waals surface area contributed by atoms with Crippen LogP contribution in [0.4, 0.5) is 0 Å². The molecule has 1 aliphatic heterocycles. The van der Waals surface area contributed by atoms with Crippen LogP contribution in [0, 0.1) is 5.92 Å². The number of ether oxygens (including phenoxy) is 2. The zero-order valence-corrected chi connectivity index (χ0v) is 10.5. The molecule has 3 nitrogen and oxygen atoms in total. The Labute approximate surface area is 97.5 Å². The molecule has 1 saturated carbocycles. The molecule has 2 rings (SSSR count). The van der Waals surface area contributed by atoms with E-state index in [-0.39, 0.29) is 11.6 Å². The van der Waals surface area contributed by atoms with Gasteiger partial charge in [-0.2, -0.15) is 0 Å². The van der Waals surface area contributed by atoms with E-state index in [1.165, 1.54) is 39.2 Å². The molecule has 2 fully saturated rings. The third kappa shape index (κ3) is 1.48. The van der Waals surface area contributed by atoms with E-state index in [0.29, 0.717) is 12.3 Å². The second kappa shape index (κ2) is 4.02. The third-order valence-corrected chi connectivity index (χ3v) is 4.54. The molecule has 1 aliphatic carbocycles. The van der Waals surface area contributed by atoms with Gasteiger partial charge in [-0.1, -0.05) is 26.2 Å². The van der Waals surface area contributed by atoms with Gasteiger partial charge in [0.1, 0.15) is 5.60 Å². The number of hydrogen-bond donors (Lipinski definition) is 0. The molecule has 16 heavy (non-hydrogen) atoms. The molecule has 92 valence electrons. The van der Waals surface area contributed by atoms with Crippen molar-refractivity contribution in [2.45, 2.75) is 63.6 Å². The first-order valence-electron chi connectivity index (χ1n) is 6.39. The molecule has 0 aromatic carbocycles. The van der Waals surface area contributed by atoms with Crippen LogP contribution in [0.15, 0.2) is 0 Å². The Kier molecular flexibility index (Phi) is 2.99. The lowest BCUT2D eigenvalue weighted by Crippen LogP contribution is -2.38. The Morgan fingerprint density at radius 1 is 1.38 bits per heavy atom. The minimum atomic E-state index is -0.649. The number of carbonyl (C=O) groups is 1. The fraction of sp³-hybridized carbons (Fsp3) is 0.923. The molecule has 0 amide bonds. The number of esters is 1. The van der Waals surface area contributed by atoms with Crippen LogP contribution in [0.2, 0.25) is 0 Å². The van der Waals surface area contributed by atoms with Gasteiger partial charge < -0.3 is 9.47 Å². The van der Waals surface area contributed by atoms with E-state index in [9.17, 15) is 4.79 Å². The van der Waals surface area contributed by atoms with Crippen molar-refractivity contribution in [2.24, 2.45) is 5.92 Å². The van der Waals surface area contributed by atoms with Crippen LogP contribution < -0.4 is 0 Å². The minimum Gasteiger partial charge on any atom is -0.467 e. The van der Waals surface area contributed by atoms with Crippen LogP contribution in [0.5, 0.6) is 0 Å². The molecule has 1 saturated heterocycles. The lowest BCUT2D eigenvalue weighted by Gasteiger charge is -2.27. The van der Waals surface area contributed by atoms with Gasteiger partial charge in [-0.05, 0) is 32.1 Å².